The van der Waals surface area contributed by atoms with Crippen molar-refractivity contribution >= 4 is 0 Å². The first-order valence-corrected chi connectivity index (χ1v) is 7.37. The van der Waals surface area contributed by atoms with Gasteiger partial charge in [0.2, 0.25) is 0 Å². The highest BCUT2D eigenvalue weighted by Gasteiger charge is 2.52. The van der Waals surface area contributed by atoms with Crippen molar-refractivity contribution in [3.05, 3.63) is 66.0 Å². The minimum atomic E-state index is -1.63. The molecule has 1 aliphatic rings. The summed E-state index contributed by atoms with van der Waals surface area (Å²) in [5.74, 6) is 0.211. The van der Waals surface area contributed by atoms with Gasteiger partial charge in [-0.05, 0) is 18.2 Å². The van der Waals surface area contributed by atoms with Gasteiger partial charge in [0, 0.05) is 11.0 Å². The molecule has 3 rings (SSSR count). The maximum Gasteiger partial charge on any atom is 0.175 e. The zero-order valence-corrected chi connectivity index (χ0v) is 13.4. The first kappa shape index (κ1) is 15.6. The SMILES string of the molecule is C=CC(C)(C)C1(O)c2ccccc2Oc2ccc(OC)c(F)c21. The van der Waals surface area contributed by atoms with Crippen LogP contribution in [0.15, 0.2) is 49.1 Å². The van der Waals surface area contributed by atoms with Gasteiger partial charge in [0.1, 0.15) is 17.1 Å². The summed E-state index contributed by atoms with van der Waals surface area (Å²) in [5.41, 5.74) is -1.89. The smallest absolute Gasteiger partial charge is 0.175 e. The number of para-hydroxylation sites is 1. The minimum absolute atomic E-state index is 0.0602. The molecule has 1 aliphatic heterocycles. The summed E-state index contributed by atoms with van der Waals surface area (Å²) in [6.07, 6.45) is 1.62. The highest BCUT2D eigenvalue weighted by atomic mass is 19.1. The van der Waals surface area contributed by atoms with E-state index in [4.69, 9.17) is 9.47 Å². The summed E-state index contributed by atoms with van der Waals surface area (Å²) in [4.78, 5) is 0. The molecule has 0 aromatic heterocycles. The molecule has 120 valence electrons. The lowest BCUT2D eigenvalue weighted by atomic mass is 9.65. The molecular formula is C19H19FO3. The standard InChI is InChI=1S/C19H19FO3/c1-5-18(2,3)19(21)12-8-6-7-9-13(12)23-14-10-11-15(22-4)17(20)16(14)19/h5-11,21H,1H2,2-4H3. The molecule has 4 heteroatoms. The van der Waals surface area contributed by atoms with Gasteiger partial charge in [0.15, 0.2) is 11.6 Å². The van der Waals surface area contributed by atoms with E-state index in [1.165, 1.54) is 13.2 Å². The van der Waals surface area contributed by atoms with E-state index in [0.29, 0.717) is 11.3 Å². The van der Waals surface area contributed by atoms with Crippen molar-refractivity contribution in [3.8, 4) is 17.2 Å². The number of hydrogen-bond donors (Lipinski definition) is 1. The molecule has 1 N–H and O–H groups in total. The van der Waals surface area contributed by atoms with Crippen LogP contribution in [0.2, 0.25) is 0 Å². The maximum atomic E-state index is 15.0. The van der Waals surface area contributed by atoms with E-state index in [1.807, 2.05) is 19.9 Å². The fraction of sp³-hybridized carbons (Fsp3) is 0.263. The van der Waals surface area contributed by atoms with Gasteiger partial charge in [-0.1, -0.05) is 38.1 Å². The first-order valence-electron chi connectivity index (χ1n) is 7.37. The lowest BCUT2D eigenvalue weighted by Gasteiger charge is -2.45. The van der Waals surface area contributed by atoms with Crippen molar-refractivity contribution in [2.75, 3.05) is 7.11 Å². The number of aliphatic hydroxyl groups is 1. The number of halogens is 1. The van der Waals surface area contributed by atoms with Crippen LogP contribution >= 0.6 is 0 Å². The van der Waals surface area contributed by atoms with Crippen molar-refractivity contribution in [1.82, 2.24) is 0 Å². The van der Waals surface area contributed by atoms with Gasteiger partial charge in [0.05, 0.1) is 12.7 Å². The lowest BCUT2D eigenvalue weighted by molar-refractivity contribution is -0.0202. The van der Waals surface area contributed by atoms with Gasteiger partial charge in [-0.15, -0.1) is 6.58 Å². The lowest BCUT2D eigenvalue weighted by Crippen LogP contribution is -2.44. The second kappa shape index (κ2) is 5.10. The number of hydrogen-bond acceptors (Lipinski definition) is 3. The highest BCUT2D eigenvalue weighted by Crippen LogP contribution is 2.56. The van der Waals surface area contributed by atoms with Crippen molar-refractivity contribution < 1.29 is 19.0 Å². The van der Waals surface area contributed by atoms with Crippen molar-refractivity contribution in [3.63, 3.8) is 0 Å². The van der Waals surface area contributed by atoms with Crippen LogP contribution in [0.5, 0.6) is 17.2 Å². The Morgan fingerprint density at radius 2 is 1.91 bits per heavy atom. The average molecular weight is 314 g/mol. The number of methoxy groups -OCH3 is 1. The average Bonchev–Trinajstić information content (AvgIpc) is 2.55. The Morgan fingerprint density at radius 1 is 1.22 bits per heavy atom. The Labute approximate surface area is 135 Å². The molecule has 2 aromatic carbocycles. The molecule has 0 spiro atoms. The molecule has 0 amide bonds. The van der Waals surface area contributed by atoms with Crippen LogP contribution in [-0.2, 0) is 5.60 Å². The second-order valence-electron chi connectivity index (χ2n) is 6.19. The number of benzene rings is 2. The molecule has 0 saturated carbocycles. The van der Waals surface area contributed by atoms with E-state index in [2.05, 4.69) is 6.58 Å². The molecule has 0 fully saturated rings. The maximum absolute atomic E-state index is 15.0. The summed E-state index contributed by atoms with van der Waals surface area (Å²) in [7, 11) is 1.39. The van der Waals surface area contributed by atoms with E-state index in [0.717, 1.165) is 0 Å². The van der Waals surface area contributed by atoms with Gasteiger partial charge in [0.25, 0.3) is 0 Å². The first-order chi connectivity index (χ1) is 10.9. The molecular weight excluding hydrogens is 295 g/mol. The molecule has 3 nitrogen and oxygen atoms in total. The number of fused-ring (bicyclic) bond motifs is 2. The zero-order valence-electron chi connectivity index (χ0n) is 13.4. The molecule has 0 aliphatic carbocycles. The normalized spacial score (nSPS) is 19.3. The van der Waals surface area contributed by atoms with Crippen molar-refractivity contribution in [1.29, 1.82) is 0 Å². The van der Waals surface area contributed by atoms with Gasteiger partial charge >= 0.3 is 0 Å². The van der Waals surface area contributed by atoms with Crippen LogP contribution in [0.4, 0.5) is 4.39 Å². The molecule has 1 heterocycles. The van der Waals surface area contributed by atoms with E-state index in [1.54, 1.807) is 30.3 Å². The van der Waals surface area contributed by atoms with Gasteiger partial charge in [-0.2, -0.15) is 0 Å². The van der Waals surface area contributed by atoms with Crippen LogP contribution in [0.3, 0.4) is 0 Å². The zero-order chi connectivity index (χ0) is 16.8. The molecule has 2 aromatic rings. The Balaban J connectivity index is 2.41. The summed E-state index contributed by atoms with van der Waals surface area (Å²) >= 11 is 0. The highest BCUT2D eigenvalue weighted by molar-refractivity contribution is 5.59. The molecule has 23 heavy (non-hydrogen) atoms. The summed E-state index contributed by atoms with van der Waals surface area (Å²) in [6, 6.07) is 10.2. The van der Waals surface area contributed by atoms with E-state index in [-0.39, 0.29) is 17.1 Å². The van der Waals surface area contributed by atoms with Gasteiger partial charge in [-0.25, -0.2) is 4.39 Å². The Morgan fingerprint density at radius 3 is 2.57 bits per heavy atom. The summed E-state index contributed by atoms with van der Waals surface area (Å²) in [5, 5.41) is 11.7. The van der Waals surface area contributed by atoms with E-state index in [9.17, 15) is 5.11 Å². The quantitative estimate of drug-likeness (QED) is 0.854. The Bertz CT molecular complexity index is 782. The van der Waals surface area contributed by atoms with Gasteiger partial charge in [-0.3, -0.25) is 0 Å². The molecule has 1 atom stereocenters. The minimum Gasteiger partial charge on any atom is -0.494 e. The third-order valence-electron chi connectivity index (χ3n) is 4.59. The van der Waals surface area contributed by atoms with E-state index < -0.39 is 16.8 Å². The predicted molar refractivity (Wildman–Crippen MR) is 86.4 cm³/mol. The number of rotatable bonds is 3. The molecule has 0 saturated heterocycles. The topological polar surface area (TPSA) is 38.7 Å². The third-order valence-corrected chi connectivity index (χ3v) is 4.59. The van der Waals surface area contributed by atoms with Crippen LogP contribution in [0.25, 0.3) is 0 Å². The fourth-order valence-electron chi connectivity index (χ4n) is 3.04. The largest absolute Gasteiger partial charge is 0.494 e. The van der Waals surface area contributed by atoms with Crippen LogP contribution in [-0.4, -0.2) is 12.2 Å². The van der Waals surface area contributed by atoms with Crippen molar-refractivity contribution in [2.45, 2.75) is 19.4 Å². The van der Waals surface area contributed by atoms with Crippen LogP contribution < -0.4 is 9.47 Å². The molecule has 1 unspecified atom stereocenters. The Kier molecular flexibility index (Phi) is 3.45. The van der Waals surface area contributed by atoms with Crippen LogP contribution in [0, 0.1) is 11.2 Å². The molecule has 0 bridgehead atoms. The summed E-state index contributed by atoms with van der Waals surface area (Å²) in [6.45, 7) is 7.44. The van der Waals surface area contributed by atoms with Crippen LogP contribution in [0.1, 0.15) is 25.0 Å². The summed E-state index contributed by atoms with van der Waals surface area (Å²) < 4.78 is 25.9. The predicted octanol–water partition coefficient (Wildman–Crippen LogP) is 4.39. The monoisotopic (exact) mass is 314 g/mol. The van der Waals surface area contributed by atoms with Crippen molar-refractivity contribution in [2.24, 2.45) is 5.41 Å². The molecule has 0 radical (unpaired) electrons. The third kappa shape index (κ3) is 1.98. The number of ether oxygens (including phenoxy) is 2. The Hall–Kier alpha value is -2.33. The van der Waals surface area contributed by atoms with E-state index >= 15 is 4.39 Å². The van der Waals surface area contributed by atoms with Gasteiger partial charge < -0.3 is 14.6 Å². The fourth-order valence-corrected chi connectivity index (χ4v) is 3.04. The second-order valence-corrected chi connectivity index (χ2v) is 6.19.